The Kier molecular flexibility index (Phi) is 6.88. The predicted molar refractivity (Wildman–Crippen MR) is 111 cm³/mol. The fraction of sp³-hybridized carbons (Fsp3) is 0.318. The van der Waals surface area contributed by atoms with Crippen molar-refractivity contribution in [2.45, 2.75) is 26.2 Å². The Morgan fingerprint density at radius 1 is 1.21 bits per heavy atom. The fourth-order valence-electron chi connectivity index (χ4n) is 3.24. The highest BCUT2D eigenvalue weighted by atomic mass is 35.5. The molecule has 0 radical (unpaired) electrons. The molecule has 1 heterocycles. The summed E-state index contributed by atoms with van der Waals surface area (Å²) in [5, 5.41) is 3.14. The SMILES string of the molecule is Cc1ccccc1CCNC(=O)COC(=O)c1ccc(Cl)c(N2CCCC2=O)c1. The standard InChI is InChI=1S/C22H23ClN2O4/c1-15-5-2-3-6-16(15)10-11-24-20(26)14-29-22(28)17-8-9-18(23)19(13-17)25-12-4-7-21(25)27/h2-3,5-6,8-9,13H,4,7,10-12,14H2,1H3,(H,24,26). The minimum atomic E-state index is -0.636. The molecule has 1 aliphatic heterocycles. The van der Waals surface area contributed by atoms with E-state index in [1.807, 2.05) is 31.2 Å². The van der Waals surface area contributed by atoms with Crippen LogP contribution in [-0.4, -0.2) is 37.5 Å². The Balaban J connectivity index is 1.50. The van der Waals surface area contributed by atoms with Crippen LogP contribution >= 0.6 is 11.6 Å². The number of benzene rings is 2. The van der Waals surface area contributed by atoms with Gasteiger partial charge in [-0.25, -0.2) is 4.79 Å². The molecule has 1 fully saturated rings. The van der Waals surface area contributed by atoms with Crippen LogP contribution in [0.2, 0.25) is 5.02 Å². The van der Waals surface area contributed by atoms with Gasteiger partial charge in [0.25, 0.3) is 5.91 Å². The smallest absolute Gasteiger partial charge is 0.338 e. The van der Waals surface area contributed by atoms with Crippen molar-refractivity contribution in [1.82, 2.24) is 5.32 Å². The highest BCUT2D eigenvalue weighted by Crippen LogP contribution is 2.30. The van der Waals surface area contributed by atoms with Gasteiger partial charge in [-0.15, -0.1) is 0 Å². The maximum Gasteiger partial charge on any atom is 0.338 e. The number of rotatable bonds is 7. The Morgan fingerprint density at radius 3 is 2.72 bits per heavy atom. The molecule has 2 aromatic carbocycles. The summed E-state index contributed by atoms with van der Waals surface area (Å²) in [7, 11) is 0. The molecular formula is C22H23ClN2O4. The number of aryl methyl sites for hydroxylation is 1. The quantitative estimate of drug-likeness (QED) is 0.705. The van der Waals surface area contributed by atoms with Crippen molar-refractivity contribution in [2.24, 2.45) is 0 Å². The van der Waals surface area contributed by atoms with E-state index in [-0.39, 0.29) is 24.0 Å². The van der Waals surface area contributed by atoms with E-state index in [0.717, 1.165) is 12.0 Å². The lowest BCUT2D eigenvalue weighted by atomic mass is 10.1. The van der Waals surface area contributed by atoms with Crippen molar-refractivity contribution in [3.63, 3.8) is 0 Å². The minimum absolute atomic E-state index is 0.0227. The third-order valence-electron chi connectivity index (χ3n) is 4.86. The molecule has 0 atom stereocenters. The van der Waals surface area contributed by atoms with E-state index < -0.39 is 5.97 Å². The largest absolute Gasteiger partial charge is 0.452 e. The average molecular weight is 415 g/mol. The van der Waals surface area contributed by atoms with Gasteiger partial charge in [0.1, 0.15) is 0 Å². The zero-order valence-corrected chi connectivity index (χ0v) is 17.0. The molecule has 1 aliphatic rings. The summed E-state index contributed by atoms with van der Waals surface area (Å²) in [5.41, 5.74) is 3.07. The summed E-state index contributed by atoms with van der Waals surface area (Å²) in [6.07, 6.45) is 1.93. The molecule has 6 nitrogen and oxygen atoms in total. The molecule has 152 valence electrons. The number of hydrogen-bond acceptors (Lipinski definition) is 4. The van der Waals surface area contributed by atoms with Crippen LogP contribution in [0.1, 0.15) is 34.3 Å². The van der Waals surface area contributed by atoms with Gasteiger partial charge < -0.3 is 15.0 Å². The normalized spacial score (nSPS) is 13.4. The lowest BCUT2D eigenvalue weighted by molar-refractivity contribution is -0.124. The first kappa shape index (κ1) is 20.9. The van der Waals surface area contributed by atoms with Gasteiger partial charge in [0.2, 0.25) is 5.91 Å². The van der Waals surface area contributed by atoms with Gasteiger partial charge in [0.05, 0.1) is 16.3 Å². The molecule has 3 rings (SSSR count). The van der Waals surface area contributed by atoms with E-state index in [4.69, 9.17) is 16.3 Å². The van der Waals surface area contributed by atoms with E-state index in [2.05, 4.69) is 5.32 Å². The molecule has 2 aromatic rings. The predicted octanol–water partition coefficient (Wildman–Crippen LogP) is 3.29. The Labute approximate surface area is 174 Å². The maximum absolute atomic E-state index is 12.3. The van der Waals surface area contributed by atoms with Crippen molar-refractivity contribution in [2.75, 3.05) is 24.6 Å². The number of carbonyl (C=O) groups is 3. The first-order valence-corrected chi connectivity index (χ1v) is 9.92. The molecule has 1 N–H and O–H groups in total. The van der Waals surface area contributed by atoms with Crippen LogP contribution in [0.5, 0.6) is 0 Å². The fourth-order valence-corrected chi connectivity index (χ4v) is 3.46. The first-order chi connectivity index (χ1) is 14.0. The van der Waals surface area contributed by atoms with E-state index in [0.29, 0.717) is 36.6 Å². The Morgan fingerprint density at radius 2 is 2.00 bits per heavy atom. The van der Waals surface area contributed by atoms with Crippen LogP contribution in [0.4, 0.5) is 5.69 Å². The lowest BCUT2D eigenvalue weighted by Crippen LogP contribution is -2.30. The van der Waals surface area contributed by atoms with Crippen molar-refractivity contribution >= 4 is 35.1 Å². The number of nitrogens with zero attached hydrogens (tertiary/aromatic N) is 1. The average Bonchev–Trinajstić information content (AvgIpc) is 3.13. The lowest BCUT2D eigenvalue weighted by Gasteiger charge is -2.18. The number of carbonyl (C=O) groups excluding carboxylic acids is 3. The van der Waals surface area contributed by atoms with Gasteiger partial charge >= 0.3 is 5.97 Å². The second-order valence-electron chi connectivity index (χ2n) is 6.92. The maximum atomic E-state index is 12.3. The third-order valence-corrected chi connectivity index (χ3v) is 5.18. The summed E-state index contributed by atoms with van der Waals surface area (Å²) >= 11 is 6.18. The van der Waals surface area contributed by atoms with Gasteiger partial charge in [-0.3, -0.25) is 9.59 Å². The topological polar surface area (TPSA) is 75.7 Å². The van der Waals surface area contributed by atoms with Crippen LogP contribution in [0.15, 0.2) is 42.5 Å². The second kappa shape index (κ2) is 9.56. The molecule has 0 unspecified atom stereocenters. The van der Waals surface area contributed by atoms with E-state index in [1.165, 1.54) is 17.7 Å². The van der Waals surface area contributed by atoms with Crippen molar-refractivity contribution in [3.8, 4) is 0 Å². The number of anilines is 1. The summed E-state index contributed by atoms with van der Waals surface area (Å²) in [6, 6.07) is 12.6. The molecule has 29 heavy (non-hydrogen) atoms. The summed E-state index contributed by atoms with van der Waals surface area (Å²) in [6.45, 7) is 2.69. The first-order valence-electron chi connectivity index (χ1n) is 9.54. The molecule has 0 bridgehead atoms. The van der Waals surface area contributed by atoms with Gasteiger partial charge in [-0.2, -0.15) is 0 Å². The molecule has 1 saturated heterocycles. The molecule has 0 saturated carbocycles. The second-order valence-corrected chi connectivity index (χ2v) is 7.32. The van der Waals surface area contributed by atoms with Crippen LogP contribution < -0.4 is 10.2 Å². The van der Waals surface area contributed by atoms with Crippen molar-refractivity contribution < 1.29 is 19.1 Å². The zero-order chi connectivity index (χ0) is 20.8. The van der Waals surface area contributed by atoms with E-state index in [9.17, 15) is 14.4 Å². The van der Waals surface area contributed by atoms with Crippen LogP contribution in [0, 0.1) is 6.92 Å². The van der Waals surface area contributed by atoms with Crippen LogP contribution in [0.25, 0.3) is 0 Å². The summed E-state index contributed by atoms with van der Waals surface area (Å²) < 4.78 is 5.10. The van der Waals surface area contributed by atoms with Gasteiger partial charge in [-0.1, -0.05) is 35.9 Å². The highest BCUT2D eigenvalue weighted by molar-refractivity contribution is 6.34. The third kappa shape index (κ3) is 5.35. The van der Waals surface area contributed by atoms with Crippen LogP contribution in [0.3, 0.4) is 0 Å². The number of nitrogens with one attached hydrogen (secondary N) is 1. The number of esters is 1. The number of ether oxygens (including phenoxy) is 1. The molecular weight excluding hydrogens is 392 g/mol. The molecule has 0 spiro atoms. The Hall–Kier alpha value is -2.86. The van der Waals surface area contributed by atoms with E-state index in [1.54, 1.807) is 11.0 Å². The Bertz CT molecular complexity index is 929. The summed E-state index contributed by atoms with van der Waals surface area (Å²) in [5.74, 6) is -1.02. The van der Waals surface area contributed by atoms with Crippen LogP contribution in [-0.2, 0) is 20.7 Å². The number of hydrogen-bond donors (Lipinski definition) is 1. The highest BCUT2D eigenvalue weighted by Gasteiger charge is 2.24. The molecule has 2 amide bonds. The van der Waals surface area contributed by atoms with Crippen molar-refractivity contribution in [1.29, 1.82) is 0 Å². The zero-order valence-electron chi connectivity index (χ0n) is 16.2. The molecule has 0 aliphatic carbocycles. The van der Waals surface area contributed by atoms with Crippen molar-refractivity contribution in [3.05, 3.63) is 64.2 Å². The number of halogens is 1. The van der Waals surface area contributed by atoms with Gasteiger partial charge in [0.15, 0.2) is 6.61 Å². The minimum Gasteiger partial charge on any atom is -0.452 e. The van der Waals surface area contributed by atoms with Gasteiger partial charge in [-0.05, 0) is 49.1 Å². The number of amides is 2. The van der Waals surface area contributed by atoms with E-state index >= 15 is 0 Å². The molecule has 0 aromatic heterocycles. The summed E-state index contributed by atoms with van der Waals surface area (Å²) in [4.78, 5) is 37.8. The molecule has 7 heteroatoms. The van der Waals surface area contributed by atoms with Gasteiger partial charge in [0, 0.05) is 19.5 Å². The monoisotopic (exact) mass is 414 g/mol.